The van der Waals surface area contributed by atoms with Gasteiger partial charge in [-0.1, -0.05) is 85.2 Å². The first-order valence-electron chi connectivity index (χ1n) is 19.0. The molecule has 0 saturated carbocycles. The molecule has 0 radical (unpaired) electrons. The molecule has 4 amide bonds. The molecule has 9 atom stereocenters. The van der Waals surface area contributed by atoms with Crippen LogP contribution in [0.25, 0.3) is 0 Å². The summed E-state index contributed by atoms with van der Waals surface area (Å²) in [6.07, 6.45) is 0.568. The Morgan fingerprint density at radius 3 is 2.04 bits per heavy atom. The number of likely N-dealkylation sites (N-methyl/N-ethyl adjacent to an activating group) is 2. The highest BCUT2D eigenvalue weighted by Crippen LogP contribution is 2.31. The number of nitrogens with one attached hydrogen (secondary N) is 2. The van der Waals surface area contributed by atoms with Crippen LogP contribution in [0, 0.1) is 23.7 Å². The normalized spacial score (nSPS) is 20.3. The molecule has 1 aliphatic heterocycles. The van der Waals surface area contributed by atoms with E-state index in [2.05, 4.69) is 10.6 Å². The molecule has 0 aromatic heterocycles. The Morgan fingerprint density at radius 1 is 0.904 bits per heavy atom. The molecule has 0 unspecified atom stereocenters. The third kappa shape index (κ3) is 12.0. The van der Waals surface area contributed by atoms with E-state index in [1.165, 1.54) is 0 Å². The van der Waals surface area contributed by atoms with E-state index in [1.54, 1.807) is 38.2 Å². The SMILES string of the molecule is CC[C@H](C)[C@@H]([C@@H](CC(=O)N1C[C@@H](OC)C[C@H]1[C@H](OC)[C@@H](C)C(=O)NCCc1ccccc1)OC)N(C)C(=O)[C@@H](NC(=O)[C@H](C(C)C)N(C)C)C(C)C. The number of hydrogen-bond acceptors (Lipinski definition) is 8. The number of carbonyl (C=O) groups is 4. The predicted molar refractivity (Wildman–Crippen MR) is 205 cm³/mol. The minimum absolute atomic E-state index is 0.0128. The largest absolute Gasteiger partial charge is 0.380 e. The van der Waals surface area contributed by atoms with Crippen LogP contribution in [-0.2, 0) is 39.8 Å². The van der Waals surface area contributed by atoms with Crippen molar-refractivity contribution in [2.24, 2.45) is 23.7 Å². The van der Waals surface area contributed by atoms with Crippen molar-refractivity contribution in [3.8, 4) is 0 Å². The lowest BCUT2D eigenvalue weighted by Gasteiger charge is -2.41. The minimum atomic E-state index is -0.758. The summed E-state index contributed by atoms with van der Waals surface area (Å²) in [5, 5.41) is 6.09. The summed E-state index contributed by atoms with van der Waals surface area (Å²) in [5.74, 6) is -1.40. The van der Waals surface area contributed by atoms with Crippen LogP contribution < -0.4 is 10.6 Å². The van der Waals surface area contributed by atoms with Crippen LogP contribution in [0.15, 0.2) is 30.3 Å². The van der Waals surface area contributed by atoms with Gasteiger partial charge in [0.15, 0.2) is 0 Å². The Bertz CT molecular complexity index is 1250. The van der Waals surface area contributed by atoms with Gasteiger partial charge in [-0.25, -0.2) is 0 Å². The lowest BCUT2D eigenvalue weighted by atomic mass is 9.89. The lowest BCUT2D eigenvalue weighted by Crippen LogP contribution is -2.59. The van der Waals surface area contributed by atoms with Crippen molar-refractivity contribution in [1.82, 2.24) is 25.3 Å². The summed E-state index contributed by atoms with van der Waals surface area (Å²) in [5.41, 5.74) is 1.14. The zero-order valence-corrected chi connectivity index (χ0v) is 34.2. The zero-order chi connectivity index (χ0) is 39.3. The van der Waals surface area contributed by atoms with Gasteiger partial charge in [0.05, 0.1) is 48.8 Å². The molecule has 0 bridgehead atoms. The van der Waals surface area contributed by atoms with E-state index in [0.717, 1.165) is 12.0 Å². The van der Waals surface area contributed by atoms with E-state index in [9.17, 15) is 19.2 Å². The van der Waals surface area contributed by atoms with Crippen molar-refractivity contribution in [1.29, 1.82) is 0 Å². The number of methoxy groups -OCH3 is 3. The monoisotopic (exact) mass is 732 g/mol. The van der Waals surface area contributed by atoms with Crippen LogP contribution in [0.2, 0.25) is 0 Å². The smallest absolute Gasteiger partial charge is 0.245 e. The number of benzene rings is 1. The molecule has 0 spiro atoms. The average Bonchev–Trinajstić information content (AvgIpc) is 3.54. The molecule has 1 heterocycles. The lowest BCUT2D eigenvalue weighted by molar-refractivity contribution is -0.148. The molecule has 52 heavy (non-hydrogen) atoms. The van der Waals surface area contributed by atoms with Crippen molar-refractivity contribution in [2.45, 2.75) is 117 Å². The summed E-state index contributed by atoms with van der Waals surface area (Å²) in [6, 6.07) is 7.98. The Kier molecular flexibility index (Phi) is 18.7. The third-order valence-electron chi connectivity index (χ3n) is 10.8. The van der Waals surface area contributed by atoms with E-state index in [0.29, 0.717) is 25.9 Å². The fraction of sp³-hybridized carbons (Fsp3) is 0.750. The summed E-state index contributed by atoms with van der Waals surface area (Å²) in [6.45, 7) is 14.6. The Balaban J connectivity index is 2.29. The molecule has 12 nitrogen and oxygen atoms in total. The van der Waals surface area contributed by atoms with Crippen LogP contribution in [0.5, 0.6) is 0 Å². The van der Waals surface area contributed by atoms with E-state index >= 15 is 0 Å². The van der Waals surface area contributed by atoms with Gasteiger partial charge in [-0.15, -0.1) is 0 Å². The van der Waals surface area contributed by atoms with Crippen LogP contribution in [0.1, 0.15) is 73.3 Å². The second-order valence-corrected chi connectivity index (χ2v) is 15.4. The number of rotatable bonds is 21. The first-order chi connectivity index (χ1) is 24.5. The molecule has 0 aliphatic carbocycles. The second kappa shape index (κ2) is 21.6. The highest BCUT2D eigenvalue weighted by Gasteiger charge is 2.45. The highest BCUT2D eigenvalue weighted by molar-refractivity contribution is 5.90. The van der Waals surface area contributed by atoms with Crippen molar-refractivity contribution >= 4 is 23.6 Å². The quantitative estimate of drug-likeness (QED) is 0.196. The number of hydrogen-bond donors (Lipinski definition) is 2. The summed E-state index contributed by atoms with van der Waals surface area (Å²) < 4.78 is 17.7. The van der Waals surface area contributed by atoms with Crippen molar-refractivity contribution in [3.63, 3.8) is 0 Å². The first-order valence-corrected chi connectivity index (χ1v) is 19.0. The average molecular weight is 732 g/mol. The van der Waals surface area contributed by atoms with Gasteiger partial charge in [0.2, 0.25) is 23.6 Å². The molecule has 1 aromatic rings. The third-order valence-corrected chi connectivity index (χ3v) is 10.8. The summed E-state index contributed by atoms with van der Waals surface area (Å²) in [4.78, 5) is 60.6. The maximum atomic E-state index is 14.3. The molecule has 2 rings (SSSR count). The highest BCUT2D eigenvalue weighted by atomic mass is 16.5. The maximum absolute atomic E-state index is 14.3. The van der Waals surface area contributed by atoms with Crippen molar-refractivity contribution in [3.05, 3.63) is 35.9 Å². The standard InChI is InChI=1S/C40H69N5O7/c1-14-27(6)36(44(10)40(49)34(25(2)3)42-39(48)35(26(4)5)43(8)9)32(51-12)23-33(46)45-24-30(50-11)22-31(45)37(52-13)28(7)38(47)41-21-20-29-18-16-15-17-19-29/h15-19,25-28,30-32,34-37H,14,20-24H2,1-13H3,(H,41,47)(H,42,48)/t27-,28+,30-,31-,32+,34-,35-,36-,37+/m0/s1. The molecule has 12 heteroatoms. The van der Waals surface area contributed by atoms with E-state index in [-0.39, 0.29) is 53.9 Å². The second-order valence-electron chi connectivity index (χ2n) is 15.4. The minimum Gasteiger partial charge on any atom is -0.380 e. The molecular formula is C40H69N5O7. The van der Waals surface area contributed by atoms with Crippen LogP contribution in [0.3, 0.4) is 0 Å². The van der Waals surface area contributed by atoms with Crippen LogP contribution in [0.4, 0.5) is 0 Å². The molecule has 296 valence electrons. The number of amides is 4. The number of nitrogens with zero attached hydrogens (tertiary/aromatic N) is 3. The van der Waals surface area contributed by atoms with Gasteiger partial charge in [0.25, 0.3) is 0 Å². The van der Waals surface area contributed by atoms with Crippen LogP contribution >= 0.6 is 0 Å². The van der Waals surface area contributed by atoms with Gasteiger partial charge in [0.1, 0.15) is 6.04 Å². The number of ether oxygens (including phenoxy) is 3. The first kappa shape index (κ1) is 45.1. The molecular weight excluding hydrogens is 662 g/mol. The number of carbonyl (C=O) groups excluding carboxylic acids is 4. The number of likely N-dealkylation sites (tertiary alicyclic amines) is 1. The van der Waals surface area contributed by atoms with E-state index in [4.69, 9.17) is 14.2 Å². The predicted octanol–water partition coefficient (Wildman–Crippen LogP) is 3.62. The molecule has 1 aliphatic rings. The van der Waals surface area contributed by atoms with Gasteiger partial charge in [0, 0.05) is 41.5 Å². The zero-order valence-electron chi connectivity index (χ0n) is 34.2. The van der Waals surface area contributed by atoms with Crippen LogP contribution in [-0.4, -0.2) is 136 Å². The van der Waals surface area contributed by atoms with Gasteiger partial charge < -0.3 is 34.6 Å². The van der Waals surface area contributed by atoms with Gasteiger partial charge in [-0.3, -0.25) is 24.1 Å². The fourth-order valence-electron chi connectivity index (χ4n) is 7.70. The Hall–Kier alpha value is -3.06. The molecule has 1 saturated heterocycles. The van der Waals surface area contributed by atoms with E-state index < -0.39 is 42.3 Å². The Labute approximate surface area is 313 Å². The maximum Gasteiger partial charge on any atom is 0.245 e. The van der Waals surface area contributed by atoms with Crippen molar-refractivity contribution < 1.29 is 33.4 Å². The van der Waals surface area contributed by atoms with Gasteiger partial charge >= 0.3 is 0 Å². The Morgan fingerprint density at radius 2 is 1.54 bits per heavy atom. The van der Waals surface area contributed by atoms with E-state index in [1.807, 2.05) is 97.8 Å². The van der Waals surface area contributed by atoms with Gasteiger partial charge in [-0.05, 0) is 50.3 Å². The summed E-state index contributed by atoms with van der Waals surface area (Å²) >= 11 is 0. The fourth-order valence-corrected chi connectivity index (χ4v) is 7.70. The van der Waals surface area contributed by atoms with Gasteiger partial charge in [-0.2, -0.15) is 0 Å². The molecule has 1 fully saturated rings. The van der Waals surface area contributed by atoms with Crippen molar-refractivity contribution in [2.75, 3.05) is 55.6 Å². The topological polar surface area (TPSA) is 130 Å². The molecule has 2 N–H and O–H groups in total. The summed E-state index contributed by atoms with van der Waals surface area (Å²) in [7, 11) is 10.2. The molecule has 1 aromatic carbocycles.